The second-order valence-corrected chi connectivity index (χ2v) is 5.66. The zero-order chi connectivity index (χ0) is 14.2. The van der Waals surface area contributed by atoms with Gasteiger partial charge in [0.25, 0.3) is 0 Å². The number of ketones is 1. The Morgan fingerprint density at radius 2 is 1.74 bits per heavy atom. The lowest BCUT2D eigenvalue weighted by molar-refractivity contribution is 0.103. The fourth-order valence-electron chi connectivity index (χ4n) is 1.66. The number of benzene rings is 2. The number of aryl methyl sites for hydroxylation is 1. The normalized spacial score (nSPS) is 10.6. The van der Waals surface area contributed by atoms with Gasteiger partial charge in [-0.2, -0.15) is 0 Å². The molecule has 98 valence electrons. The van der Waals surface area contributed by atoms with Gasteiger partial charge in [-0.3, -0.25) is 4.79 Å². The van der Waals surface area contributed by atoms with Crippen molar-refractivity contribution in [2.24, 2.45) is 0 Å². The van der Waals surface area contributed by atoms with Crippen molar-refractivity contribution in [2.45, 2.75) is 6.92 Å². The average Bonchev–Trinajstić information content (AvgIpc) is 2.36. The van der Waals surface area contributed by atoms with Crippen molar-refractivity contribution in [2.75, 3.05) is 0 Å². The molecule has 0 fully saturated rings. The minimum absolute atomic E-state index is 0.00939. The molecule has 0 radical (unpaired) electrons. The van der Waals surface area contributed by atoms with E-state index in [1.54, 1.807) is 12.1 Å². The zero-order valence-electron chi connectivity index (χ0n) is 9.81. The maximum atomic E-state index is 13.8. The first-order valence-electron chi connectivity index (χ1n) is 5.36. The highest BCUT2D eigenvalue weighted by molar-refractivity contribution is 9.10. The molecule has 0 N–H and O–H groups in total. The summed E-state index contributed by atoms with van der Waals surface area (Å²) in [5, 5.41) is 0. The molecule has 2 aromatic rings. The summed E-state index contributed by atoms with van der Waals surface area (Å²) < 4.78 is 27.8. The lowest BCUT2D eigenvalue weighted by atomic mass is 10.0. The number of rotatable bonds is 2. The molecular weight excluding hydrogens is 382 g/mol. The van der Waals surface area contributed by atoms with Gasteiger partial charge in [-0.05, 0) is 62.5 Å². The van der Waals surface area contributed by atoms with Crippen molar-refractivity contribution in [3.05, 3.63) is 67.6 Å². The summed E-state index contributed by atoms with van der Waals surface area (Å²) in [6.07, 6.45) is 0. The van der Waals surface area contributed by atoms with Crippen LogP contribution in [0.15, 0.2) is 39.3 Å². The Labute approximate surface area is 125 Å². The first-order valence-corrected chi connectivity index (χ1v) is 6.94. The molecular formula is C14H8Br2F2O. The van der Waals surface area contributed by atoms with Crippen LogP contribution in [0.4, 0.5) is 8.78 Å². The van der Waals surface area contributed by atoms with Crippen LogP contribution in [-0.2, 0) is 0 Å². The van der Waals surface area contributed by atoms with Crippen LogP contribution < -0.4 is 0 Å². The number of halogens is 4. The van der Waals surface area contributed by atoms with Crippen molar-refractivity contribution < 1.29 is 13.6 Å². The monoisotopic (exact) mass is 388 g/mol. The topological polar surface area (TPSA) is 17.1 Å². The summed E-state index contributed by atoms with van der Waals surface area (Å²) in [4.78, 5) is 12.3. The molecule has 0 amide bonds. The van der Waals surface area contributed by atoms with Crippen LogP contribution in [0.1, 0.15) is 21.5 Å². The lowest BCUT2D eigenvalue weighted by Crippen LogP contribution is -2.06. The van der Waals surface area contributed by atoms with Crippen LogP contribution in [0, 0.1) is 18.6 Å². The number of carbonyl (C=O) groups excluding carboxylic acids is 1. The smallest absolute Gasteiger partial charge is 0.197 e. The summed E-state index contributed by atoms with van der Waals surface area (Å²) in [7, 11) is 0. The second kappa shape index (κ2) is 5.51. The van der Waals surface area contributed by atoms with Crippen molar-refractivity contribution in [3.8, 4) is 0 Å². The molecule has 1 nitrogen and oxygen atoms in total. The van der Waals surface area contributed by atoms with E-state index >= 15 is 0 Å². The van der Waals surface area contributed by atoms with Gasteiger partial charge < -0.3 is 0 Å². The van der Waals surface area contributed by atoms with Gasteiger partial charge in [0.2, 0.25) is 0 Å². The number of carbonyl (C=O) groups is 1. The maximum absolute atomic E-state index is 13.8. The maximum Gasteiger partial charge on any atom is 0.197 e. The van der Waals surface area contributed by atoms with Gasteiger partial charge >= 0.3 is 0 Å². The number of hydrogen-bond donors (Lipinski definition) is 0. The molecule has 0 aliphatic heterocycles. The highest BCUT2D eigenvalue weighted by Crippen LogP contribution is 2.26. The third-order valence-corrected chi connectivity index (χ3v) is 4.35. The van der Waals surface area contributed by atoms with Crippen LogP contribution in [0.25, 0.3) is 0 Å². The molecule has 0 aliphatic carbocycles. The predicted molar refractivity (Wildman–Crippen MR) is 76.4 cm³/mol. The first-order chi connectivity index (χ1) is 8.91. The van der Waals surface area contributed by atoms with E-state index in [0.29, 0.717) is 10.0 Å². The fourth-order valence-corrected chi connectivity index (χ4v) is 2.42. The van der Waals surface area contributed by atoms with E-state index in [0.717, 1.165) is 17.7 Å². The van der Waals surface area contributed by atoms with Gasteiger partial charge in [0.05, 0.1) is 10.0 Å². The standard InChI is InChI=1S/C14H8Br2F2O/c1-7-3-2-4-8(13(7)16)14(19)9-5-12(18)10(15)6-11(9)17/h2-6H,1H3. The molecule has 0 saturated carbocycles. The van der Waals surface area contributed by atoms with Crippen LogP contribution >= 0.6 is 31.9 Å². The van der Waals surface area contributed by atoms with E-state index in [1.165, 1.54) is 0 Å². The van der Waals surface area contributed by atoms with Gasteiger partial charge in [-0.1, -0.05) is 12.1 Å². The first kappa shape index (κ1) is 14.3. The Hall–Kier alpha value is -1.07. The van der Waals surface area contributed by atoms with Gasteiger partial charge in [0.1, 0.15) is 11.6 Å². The summed E-state index contributed by atoms with van der Waals surface area (Å²) in [6, 6.07) is 6.93. The highest BCUT2D eigenvalue weighted by Gasteiger charge is 2.19. The molecule has 0 unspecified atom stereocenters. The average molecular weight is 390 g/mol. The Kier molecular flexibility index (Phi) is 4.16. The minimum atomic E-state index is -0.758. The van der Waals surface area contributed by atoms with Crippen molar-refractivity contribution >= 4 is 37.6 Å². The SMILES string of the molecule is Cc1cccc(C(=O)c2cc(F)c(Br)cc2F)c1Br. The molecule has 0 bridgehead atoms. The highest BCUT2D eigenvalue weighted by atomic mass is 79.9. The predicted octanol–water partition coefficient (Wildman–Crippen LogP) is 5.03. The third kappa shape index (κ3) is 2.77. The summed E-state index contributed by atoms with van der Waals surface area (Å²) in [5.74, 6) is -1.99. The summed E-state index contributed by atoms with van der Waals surface area (Å²) in [6.45, 7) is 1.82. The third-order valence-electron chi connectivity index (χ3n) is 2.69. The van der Waals surface area contributed by atoms with Crippen LogP contribution in [0.2, 0.25) is 0 Å². The summed E-state index contributed by atoms with van der Waals surface area (Å²) in [5.41, 5.74) is 0.872. The van der Waals surface area contributed by atoms with E-state index in [9.17, 15) is 13.6 Å². The van der Waals surface area contributed by atoms with Gasteiger partial charge in [0, 0.05) is 10.0 Å². The Balaban J connectivity index is 2.56. The molecule has 0 atom stereocenters. The Morgan fingerprint density at radius 3 is 2.42 bits per heavy atom. The largest absolute Gasteiger partial charge is 0.288 e. The molecule has 5 heteroatoms. The second-order valence-electron chi connectivity index (χ2n) is 4.01. The van der Waals surface area contributed by atoms with Crippen molar-refractivity contribution in [3.63, 3.8) is 0 Å². The molecule has 0 aromatic heterocycles. The van der Waals surface area contributed by atoms with E-state index in [4.69, 9.17) is 0 Å². The van der Waals surface area contributed by atoms with E-state index in [1.807, 2.05) is 13.0 Å². The molecule has 19 heavy (non-hydrogen) atoms. The molecule has 2 rings (SSSR count). The Bertz CT molecular complexity index is 669. The molecule has 0 aliphatic rings. The van der Waals surface area contributed by atoms with Gasteiger partial charge in [-0.15, -0.1) is 0 Å². The minimum Gasteiger partial charge on any atom is -0.288 e. The van der Waals surface area contributed by atoms with Crippen molar-refractivity contribution in [1.82, 2.24) is 0 Å². The van der Waals surface area contributed by atoms with Gasteiger partial charge in [0.15, 0.2) is 5.78 Å². The van der Waals surface area contributed by atoms with Crippen molar-refractivity contribution in [1.29, 1.82) is 0 Å². The summed E-state index contributed by atoms with van der Waals surface area (Å²) >= 11 is 6.17. The quantitative estimate of drug-likeness (QED) is 0.520. The fraction of sp³-hybridized carbons (Fsp3) is 0.0714. The van der Waals surface area contributed by atoms with E-state index in [-0.39, 0.29) is 10.0 Å². The molecule has 0 saturated heterocycles. The molecule has 0 heterocycles. The lowest BCUT2D eigenvalue weighted by Gasteiger charge is -2.08. The van der Waals surface area contributed by atoms with Crippen LogP contribution in [0.3, 0.4) is 0 Å². The zero-order valence-corrected chi connectivity index (χ0v) is 13.0. The number of hydrogen-bond acceptors (Lipinski definition) is 1. The van der Waals surface area contributed by atoms with Crippen LogP contribution in [0.5, 0.6) is 0 Å². The van der Waals surface area contributed by atoms with Gasteiger partial charge in [-0.25, -0.2) is 8.78 Å². The molecule has 0 spiro atoms. The Morgan fingerprint density at radius 1 is 1.05 bits per heavy atom. The van der Waals surface area contributed by atoms with E-state index < -0.39 is 17.4 Å². The molecule has 2 aromatic carbocycles. The van der Waals surface area contributed by atoms with Crippen LogP contribution in [-0.4, -0.2) is 5.78 Å². The van der Waals surface area contributed by atoms with E-state index in [2.05, 4.69) is 31.9 Å².